The van der Waals surface area contributed by atoms with Crippen molar-refractivity contribution in [3.63, 3.8) is 0 Å². The third kappa shape index (κ3) is 5.22. The average molecular weight is 611 g/mol. The molecule has 0 radical (unpaired) electrons. The summed E-state index contributed by atoms with van der Waals surface area (Å²) in [5, 5.41) is 4.41. The molecule has 1 unspecified atom stereocenters. The Bertz CT molecular complexity index is 1230. The zero-order valence-corrected chi connectivity index (χ0v) is 20.2. The Morgan fingerprint density at radius 3 is 2.67 bits per heavy atom. The van der Waals surface area contributed by atoms with Crippen LogP contribution in [0.15, 0.2) is 97.5 Å². The monoisotopic (exact) mass is 611 g/mol. The summed E-state index contributed by atoms with van der Waals surface area (Å²) in [7, 11) is 0. The van der Waals surface area contributed by atoms with E-state index < -0.39 is 0 Å². The molecule has 5 heteroatoms. The smallest absolute Gasteiger partial charge is 0.668 e. The molecule has 2 aliphatic heterocycles. The van der Waals surface area contributed by atoms with Gasteiger partial charge >= 0.3 is 20.1 Å². The number of halogens is 1. The molecule has 0 saturated carbocycles. The van der Waals surface area contributed by atoms with Crippen molar-refractivity contribution in [3.05, 3.63) is 132 Å². The molecular weight excluding hydrogens is 590 g/mol. The van der Waals surface area contributed by atoms with Crippen LogP contribution in [-0.2, 0) is 26.5 Å². The van der Waals surface area contributed by atoms with E-state index in [1.807, 2.05) is 54.7 Å². The van der Waals surface area contributed by atoms with E-state index in [2.05, 4.69) is 45.7 Å². The summed E-state index contributed by atoms with van der Waals surface area (Å²) < 4.78 is 12.9. The molecule has 6 rings (SSSR count). The molecule has 0 saturated heterocycles. The molecule has 3 heterocycles. The minimum atomic E-state index is -0.289. The van der Waals surface area contributed by atoms with E-state index in [0.717, 1.165) is 35.3 Å². The minimum Gasteiger partial charge on any atom is -0.668 e. The predicted octanol–water partition coefficient (Wildman–Crippen LogP) is 6.55. The first-order valence-corrected chi connectivity index (χ1v) is 10.6. The quantitative estimate of drug-likeness (QED) is 0.241. The maximum Gasteiger partial charge on any atom is 3.00 e. The van der Waals surface area contributed by atoms with Crippen LogP contribution >= 0.6 is 0 Å². The molecule has 33 heavy (non-hydrogen) atoms. The number of nitrogens with zero attached hydrogens (tertiary/aromatic N) is 3. The van der Waals surface area contributed by atoms with E-state index >= 15 is 0 Å². The predicted molar refractivity (Wildman–Crippen MR) is 125 cm³/mol. The summed E-state index contributed by atoms with van der Waals surface area (Å²) in [6.45, 7) is 1.08. The number of aromatic nitrogens is 1. The molecule has 0 spiro atoms. The van der Waals surface area contributed by atoms with Crippen molar-refractivity contribution in [1.82, 2.24) is 9.88 Å². The zero-order chi connectivity index (χ0) is 21.8. The van der Waals surface area contributed by atoms with Crippen molar-refractivity contribution in [2.75, 3.05) is 6.54 Å². The normalized spacial score (nSPS) is 15.3. The molecule has 0 N–H and O–H groups in total. The van der Waals surface area contributed by atoms with Crippen LogP contribution in [0.3, 0.4) is 0 Å². The summed E-state index contributed by atoms with van der Waals surface area (Å²) >= 11 is 0. The Morgan fingerprint density at radius 1 is 0.970 bits per heavy atom. The van der Waals surface area contributed by atoms with Crippen LogP contribution in [0.4, 0.5) is 4.39 Å². The maximum atomic E-state index is 12.9. The van der Waals surface area contributed by atoms with Gasteiger partial charge in [-0.1, -0.05) is 42.8 Å². The second kappa shape index (κ2) is 10.6. The number of rotatable bonds is 2. The van der Waals surface area contributed by atoms with Crippen molar-refractivity contribution in [3.8, 4) is 22.4 Å². The van der Waals surface area contributed by atoms with Gasteiger partial charge in [0.1, 0.15) is 0 Å². The van der Waals surface area contributed by atoms with Gasteiger partial charge in [-0.25, -0.2) is 0 Å². The van der Waals surface area contributed by atoms with Crippen LogP contribution in [0.5, 0.6) is 0 Å². The van der Waals surface area contributed by atoms with Gasteiger partial charge in [0.15, 0.2) is 0 Å². The van der Waals surface area contributed by atoms with Gasteiger partial charge in [0.05, 0.1) is 0 Å². The van der Waals surface area contributed by atoms with Crippen molar-refractivity contribution < 1.29 is 24.5 Å². The topological polar surface area (TPSA) is 30.2 Å². The van der Waals surface area contributed by atoms with Gasteiger partial charge in [-0.15, -0.1) is 29.8 Å². The molecule has 4 aromatic rings. The van der Waals surface area contributed by atoms with Crippen LogP contribution in [-0.4, -0.2) is 16.4 Å². The molecule has 0 amide bonds. The van der Waals surface area contributed by atoms with Crippen LogP contribution in [0.25, 0.3) is 27.7 Å². The molecule has 1 atom stereocenters. The van der Waals surface area contributed by atoms with E-state index in [1.165, 1.54) is 23.3 Å². The fourth-order valence-electron chi connectivity index (χ4n) is 3.96. The van der Waals surface area contributed by atoms with E-state index in [4.69, 9.17) is 0 Å². The molecule has 0 fully saturated rings. The molecule has 3 aromatic carbocycles. The molecule has 2 aliphatic rings. The van der Waals surface area contributed by atoms with Crippen molar-refractivity contribution in [2.24, 2.45) is 0 Å². The standard InChI is InChI=1S/C17H11FN.C11H10N2.Ir/c18-16-8-6-14(7-9-16)17-12-15(10-11-19-17)13-4-2-1-3-5-13;1-2-4-10-9(3-1)5-7-13-8-6-12-11(10)13;/h1-6,8-12H;1-3,6,8,11H,5,7H2;/q-1;-2;+3. The van der Waals surface area contributed by atoms with E-state index in [-0.39, 0.29) is 32.1 Å². The van der Waals surface area contributed by atoms with E-state index in [1.54, 1.807) is 12.3 Å². The average Bonchev–Trinajstić information content (AvgIpc) is 3.35. The van der Waals surface area contributed by atoms with Crippen molar-refractivity contribution in [1.29, 1.82) is 0 Å². The van der Waals surface area contributed by atoms with Crippen LogP contribution in [0, 0.1) is 17.9 Å². The van der Waals surface area contributed by atoms with Crippen molar-refractivity contribution in [2.45, 2.75) is 12.6 Å². The summed E-state index contributed by atoms with van der Waals surface area (Å²) in [6, 6.07) is 30.8. The number of hydrogen-bond acceptors (Lipinski definition) is 2. The Hall–Kier alpha value is -3.27. The van der Waals surface area contributed by atoms with Gasteiger partial charge in [0.2, 0.25) is 0 Å². The SMILES string of the molecule is Fc1c[c-]c(-c2cc(-c3ccccc3)ccn2)cc1.[Ir+3].[c-]1cccc2c1C1[N-]C=CN1CC2. The number of fused-ring (bicyclic) bond motifs is 3. The van der Waals surface area contributed by atoms with E-state index in [9.17, 15) is 4.39 Å². The number of benzene rings is 3. The first-order chi connectivity index (χ1) is 15.8. The van der Waals surface area contributed by atoms with Gasteiger partial charge in [-0.05, 0) is 35.3 Å². The van der Waals surface area contributed by atoms with Gasteiger partial charge in [0, 0.05) is 18.6 Å². The summed E-state index contributed by atoms with van der Waals surface area (Å²) in [5.41, 5.74) is 6.45. The molecule has 3 nitrogen and oxygen atoms in total. The van der Waals surface area contributed by atoms with E-state index in [0.29, 0.717) is 0 Å². The second-order valence-electron chi connectivity index (χ2n) is 7.63. The Morgan fingerprint density at radius 2 is 1.85 bits per heavy atom. The molecule has 0 bridgehead atoms. The van der Waals surface area contributed by atoms with Crippen LogP contribution < -0.4 is 0 Å². The van der Waals surface area contributed by atoms with Gasteiger partial charge in [-0.3, -0.25) is 4.39 Å². The molecular formula is C28H21FIrN3. The summed E-state index contributed by atoms with van der Waals surface area (Å²) in [6.07, 6.45) is 7.04. The van der Waals surface area contributed by atoms with Gasteiger partial charge < -0.3 is 15.2 Å². The first kappa shape index (κ1) is 22.9. The van der Waals surface area contributed by atoms with Crippen LogP contribution in [0.1, 0.15) is 17.3 Å². The Kier molecular flexibility index (Phi) is 7.33. The Labute approximate surface area is 207 Å². The Balaban J connectivity index is 0.000000162. The van der Waals surface area contributed by atoms with Crippen molar-refractivity contribution >= 4 is 0 Å². The largest absolute Gasteiger partial charge is 3.00 e. The third-order valence-corrected chi connectivity index (χ3v) is 5.59. The van der Waals surface area contributed by atoms with Crippen LogP contribution in [0.2, 0.25) is 0 Å². The number of hydrogen-bond donors (Lipinski definition) is 0. The fraction of sp³-hybridized carbons (Fsp3) is 0.107. The first-order valence-electron chi connectivity index (χ1n) is 10.6. The maximum absolute atomic E-state index is 12.9. The summed E-state index contributed by atoms with van der Waals surface area (Å²) in [5.74, 6) is -0.289. The molecule has 0 aliphatic carbocycles. The fourth-order valence-corrected chi connectivity index (χ4v) is 3.96. The third-order valence-electron chi connectivity index (χ3n) is 5.59. The second-order valence-corrected chi connectivity index (χ2v) is 7.63. The summed E-state index contributed by atoms with van der Waals surface area (Å²) in [4.78, 5) is 6.57. The zero-order valence-electron chi connectivity index (χ0n) is 17.8. The minimum absolute atomic E-state index is 0. The molecule has 1 aromatic heterocycles. The van der Waals surface area contributed by atoms with Gasteiger partial charge in [-0.2, -0.15) is 41.6 Å². The number of pyridine rings is 1. The molecule has 164 valence electrons. The van der Waals surface area contributed by atoms with Gasteiger partial charge in [0.25, 0.3) is 0 Å².